The minimum atomic E-state index is 0.0457. The fourth-order valence-corrected chi connectivity index (χ4v) is 4.20. The van der Waals surface area contributed by atoms with E-state index in [1.54, 1.807) is 0 Å². The number of likely N-dealkylation sites (tertiary alicyclic amines) is 1. The third kappa shape index (κ3) is 6.21. The van der Waals surface area contributed by atoms with Crippen LogP contribution in [-0.2, 0) is 17.9 Å². The molecule has 0 aliphatic carbocycles. The van der Waals surface area contributed by atoms with E-state index in [4.69, 9.17) is 4.74 Å². The smallest absolute Gasteiger partial charge is 0.223 e. The van der Waals surface area contributed by atoms with Crippen molar-refractivity contribution in [1.29, 1.82) is 0 Å². The van der Waals surface area contributed by atoms with Gasteiger partial charge in [0.25, 0.3) is 0 Å². The molecule has 4 nitrogen and oxygen atoms in total. The molecule has 3 aromatic rings. The number of nitrogens with zero attached hydrogens (tertiary/aromatic N) is 1. The van der Waals surface area contributed by atoms with Crippen LogP contribution < -0.4 is 10.1 Å². The summed E-state index contributed by atoms with van der Waals surface area (Å²) in [7, 11) is 0. The van der Waals surface area contributed by atoms with Crippen molar-refractivity contribution < 1.29 is 9.53 Å². The van der Waals surface area contributed by atoms with Crippen LogP contribution in [0.2, 0.25) is 0 Å². The average molecular weight is 429 g/mol. The highest BCUT2D eigenvalue weighted by Crippen LogP contribution is 2.22. The maximum absolute atomic E-state index is 12.7. The average Bonchev–Trinajstić information content (AvgIpc) is 2.85. The van der Waals surface area contributed by atoms with Crippen LogP contribution in [0.25, 0.3) is 0 Å². The van der Waals surface area contributed by atoms with E-state index in [2.05, 4.69) is 53.5 Å². The van der Waals surface area contributed by atoms with Crippen LogP contribution in [0.1, 0.15) is 42.5 Å². The summed E-state index contributed by atoms with van der Waals surface area (Å²) >= 11 is 0. The Morgan fingerprint density at radius 2 is 1.53 bits per heavy atom. The molecule has 0 saturated carbocycles. The van der Waals surface area contributed by atoms with Gasteiger partial charge in [-0.05, 0) is 61.7 Å². The van der Waals surface area contributed by atoms with Gasteiger partial charge in [-0.15, -0.1) is 0 Å². The predicted octanol–water partition coefficient (Wildman–Crippen LogP) is 5.36. The molecule has 0 unspecified atom stereocenters. The molecule has 1 aliphatic rings. The van der Waals surface area contributed by atoms with Crippen LogP contribution in [0.5, 0.6) is 5.75 Å². The second-order valence-corrected chi connectivity index (χ2v) is 8.61. The van der Waals surface area contributed by atoms with Crippen molar-refractivity contribution in [2.75, 3.05) is 13.1 Å². The Labute approximate surface area is 191 Å². The molecule has 32 heavy (non-hydrogen) atoms. The quantitative estimate of drug-likeness (QED) is 0.525. The summed E-state index contributed by atoms with van der Waals surface area (Å²) in [5, 5.41) is 3.19. The normalized spacial score (nSPS) is 15.8. The van der Waals surface area contributed by atoms with Gasteiger partial charge < -0.3 is 10.1 Å². The minimum absolute atomic E-state index is 0.0457. The van der Waals surface area contributed by atoms with Crippen molar-refractivity contribution in [2.45, 2.75) is 39.0 Å². The van der Waals surface area contributed by atoms with Gasteiger partial charge in [0, 0.05) is 12.5 Å². The zero-order valence-corrected chi connectivity index (χ0v) is 18.7. The van der Waals surface area contributed by atoms with Crippen LogP contribution in [0.3, 0.4) is 0 Å². The van der Waals surface area contributed by atoms with Crippen LogP contribution in [0, 0.1) is 5.92 Å². The maximum Gasteiger partial charge on any atom is 0.223 e. The van der Waals surface area contributed by atoms with Gasteiger partial charge in [-0.2, -0.15) is 0 Å². The van der Waals surface area contributed by atoms with E-state index in [9.17, 15) is 4.79 Å². The molecule has 1 fully saturated rings. The molecule has 1 atom stereocenters. The highest BCUT2D eigenvalue weighted by Gasteiger charge is 2.26. The summed E-state index contributed by atoms with van der Waals surface area (Å²) in [6.07, 6.45) is 1.82. The first kappa shape index (κ1) is 22.1. The number of nitrogens with one attached hydrogen (secondary N) is 1. The summed E-state index contributed by atoms with van der Waals surface area (Å²) in [5.41, 5.74) is 3.59. The van der Waals surface area contributed by atoms with Crippen molar-refractivity contribution in [3.05, 3.63) is 102 Å². The number of ether oxygens (including phenoxy) is 1. The third-order valence-corrected chi connectivity index (χ3v) is 6.19. The van der Waals surface area contributed by atoms with Gasteiger partial charge >= 0.3 is 0 Å². The molecular weight excluding hydrogens is 396 g/mol. The summed E-state index contributed by atoms with van der Waals surface area (Å²) < 4.78 is 5.88. The molecule has 1 N–H and O–H groups in total. The number of hydrogen-bond donors (Lipinski definition) is 1. The summed E-state index contributed by atoms with van der Waals surface area (Å²) in [4.78, 5) is 15.1. The predicted molar refractivity (Wildman–Crippen MR) is 128 cm³/mol. The molecule has 4 rings (SSSR count). The highest BCUT2D eigenvalue weighted by molar-refractivity contribution is 5.79. The number of carbonyl (C=O) groups excluding carboxylic acids is 1. The van der Waals surface area contributed by atoms with Gasteiger partial charge in [-0.3, -0.25) is 9.69 Å². The second kappa shape index (κ2) is 11.0. The maximum atomic E-state index is 12.7. The second-order valence-electron chi connectivity index (χ2n) is 8.61. The van der Waals surface area contributed by atoms with Crippen LogP contribution >= 0.6 is 0 Å². The van der Waals surface area contributed by atoms with Crippen molar-refractivity contribution >= 4 is 5.91 Å². The molecule has 1 heterocycles. The van der Waals surface area contributed by atoms with Gasteiger partial charge in [0.1, 0.15) is 12.4 Å². The monoisotopic (exact) mass is 428 g/mol. The largest absolute Gasteiger partial charge is 0.489 e. The number of amides is 1. The van der Waals surface area contributed by atoms with Gasteiger partial charge in [-0.1, -0.05) is 72.8 Å². The number of rotatable bonds is 8. The third-order valence-electron chi connectivity index (χ3n) is 6.19. The molecule has 4 heteroatoms. The van der Waals surface area contributed by atoms with Crippen molar-refractivity contribution in [3.8, 4) is 5.75 Å². The van der Waals surface area contributed by atoms with E-state index in [-0.39, 0.29) is 17.9 Å². The molecule has 0 aromatic heterocycles. The van der Waals surface area contributed by atoms with Crippen molar-refractivity contribution in [2.24, 2.45) is 5.92 Å². The SMILES string of the molecule is C[C@@H](NC(=O)C1CCN(Cc2ccc(OCc3ccccc3)cc2)CC1)c1ccccc1. The molecule has 1 amide bonds. The topological polar surface area (TPSA) is 41.6 Å². The van der Waals surface area contributed by atoms with Gasteiger partial charge in [-0.25, -0.2) is 0 Å². The molecule has 166 valence electrons. The van der Waals surface area contributed by atoms with Crippen LogP contribution in [0.4, 0.5) is 0 Å². The molecule has 0 radical (unpaired) electrons. The lowest BCUT2D eigenvalue weighted by Crippen LogP contribution is -2.40. The molecule has 0 spiro atoms. The molecular formula is C28H32N2O2. The fourth-order valence-electron chi connectivity index (χ4n) is 4.20. The van der Waals surface area contributed by atoms with Crippen molar-refractivity contribution in [1.82, 2.24) is 10.2 Å². The number of carbonyl (C=O) groups is 1. The first-order valence-electron chi connectivity index (χ1n) is 11.5. The lowest BCUT2D eigenvalue weighted by atomic mass is 9.95. The summed E-state index contributed by atoms with van der Waals surface area (Å²) in [5.74, 6) is 1.17. The van der Waals surface area contributed by atoms with E-state index in [1.165, 1.54) is 11.1 Å². The fraction of sp³-hybridized carbons (Fsp3) is 0.321. The molecule has 3 aromatic carbocycles. The Morgan fingerprint density at radius 1 is 0.906 bits per heavy atom. The van der Waals surface area contributed by atoms with Crippen molar-refractivity contribution in [3.63, 3.8) is 0 Å². The molecule has 0 bridgehead atoms. The molecule has 1 saturated heterocycles. The Bertz CT molecular complexity index is 965. The standard InChI is InChI=1S/C28H32N2O2/c1-22(25-10-6-3-7-11-25)29-28(31)26-16-18-30(19-17-26)20-23-12-14-27(15-13-23)32-21-24-8-4-2-5-9-24/h2-15,22,26H,16-21H2,1H3,(H,29,31)/t22-/m1/s1. The van der Waals surface area contributed by atoms with E-state index in [0.717, 1.165) is 43.8 Å². The Balaban J connectivity index is 1.20. The summed E-state index contributed by atoms with van der Waals surface area (Å²) in [6, 6.07) is 28.8. The van der Waals surface area contributed by atoms with E-state index in [1.807, 2.05) is 48.5 Å². The van der Waals surface area contributed by atoms with Crippen LogP contribution in [0.15, 0.2) is 84.9 Å². The van der Waals surface area contributed by atoms with E-state index in [0.29, 0.717) is 6.61 Å². The minimum Gasteiger partial charge on any atom is -0.489 e. The Morgan fingerprint density at radius 3 is 2.19 bits per heavy atom. The lowest BCUT2D eigenvalue weighted by Gasteiger charge is -2.32. The first-order valence-corrected chi connectivity index (χ1v) is 11.5. The first-order chi connectivity index (χ1) is 15.7. The highest BCUT2D eigenvalue weighted by atomic mass is 16.5. The number of piperidine rings is 1. The van der Waals surface area contributed by atoms with Gasteiger partial charge in [0.15, 0.2) is 0 Å². The Hall–Kier alpha value is -3.11. The molecule has 1 aliphatic heterocycles. The van der Waals surface area contributed by atoms with Gasteiger partial charge in [0.2, 0.25) is 5.91 Å². The van der Waals surface area contributed by atoms with Crippen LogP contribution in [-0.4, -0.2) is 23.9 Å². The van der Waals surface area contributed by atoms with Gasteiger partial charge in [0.05, 0.1) is 6.04 Å². The zero-order valence-electron chi connectivity index (χ0n) is 18.7. The van der Waals surface area contributed by atoms with E-state index >= 15 is 0 Å². The zero-order chi connectivity index (χ0) is 22.2. The number of hydrogen-bond acceptors (Lipinski definition) is 3. The Kier molecular flexibility index (Phi) is 7.57. The van der Waals surface area contributed by atoms with E-state index < -0.39 is 0 Å². The lowest BCUT2D eigenvalue weighted by molar-refractivity contribution is -0.127. The number of benzene rings is 3. The summed E-state index contributed by atoms with van der Waals surface area (Å²) in [6.45, 7) is 5.44.